The normalized spacial score (nSPS) is 15.9. The van der Waals surface area contributed by atoms with E-state index < -0.39 is 0 Å². The Morgan fingerprint density at radius 2 is 1.90 bits per heavy atom. The van der Waals surface area contributed by atoms with Gasteiger partial charge in [0.1, 0.15) is 11.6 Å². The van der Waals surface area contributed by atoms with Crippen LogP contribution in [0.5, 0.6) is 0 Å². The van der Waals surface area contributed by atoms with E-state index in [1.807, 2.05) is 18.3 Å². The van der Waals surface area contributed by atoms with E-state index in [0.717, 1.165) is 55.2 Å². The number of nitrogens with two attached hydrogens (primary N) is 1. The molecule has 0 radical (unpaired) electrons. The Balaban J connectivity index is 1.55. The molecule has 0 unspecified atom stereocenters. The van der Waals surface area contributed by atoms with Gasteiger partial charge in [-0.2, -0.15) is 0 Å². The van der Waals surface area contributed by atoms with Gasteiger partial charge in [-0.1, -0.05) is 24.3 Å². The van der Waals surface area contributed by atoms with Crippen molar-refractivity contribution in [2.75, 3.05) is 39.0 Å². The molecule has 0 aliphatic carbocycles. The van der Waals surface area contributed by atoms with Gasteiger partial charge < -0.3 is 15.6 Å². The Hall–Kier alpha value is -3.22. The number of H-pyrrole nitrogens is 1. The Morgan fingerprint density at radius 3 is 2.55 bits per heavy atom. The first kappa shape index (κ1) is 21.0. The largest absolute Gasteiger partial charge is 0.384 e. The molecule has 3 heterocycles. The van der Waals surface area contributed by atoms with Gasteiger partial charge in [0.2, 0.25) is 0 Å². The molecule has 4 rings (SSSR count). The van der Waals surface area contributed by atoms with Gasteiger partial charge in [-0.25, -0.2) is 9.98 Å². The number of anilines is 1. The first-order valence-corrected chi connectivity index (χ1v) is 10.6. The molecule has 2 aromatic heterocycles. The van der Waals surface area contributed by atoms with E-state index in [1.54, 1.807) is 6.20 Å². The smallest absolute Gasteiger partial charge is 0.137 e. The van der Waals surface area contributed by atoms with Crippen LogP contribution >= 0.6 is 0 Å². The highest BCUT2D eigenvalue weighted by atomic mass is 15.2. The molecule has 0 spiro atoms. The van der Waals surface area contributed by atoms with E-state index in [1.165, 1.54) is 16.7 Å². The highest BCUT2D eigenvalue weighted by Crippen LogP contribution is 2.34. The molecule has 1 aromatic carbocycles. The van der Waals surface area contributed by atoms with Crippen LogP contribution in [0.3, 0.4) is 0 Å². The highest BCUT2D eigenvalue weighted by Gasteiger charge is 2.14. The second-order valence-corrected chi connectivity index (χ2v) is 8.20. The van der Waals surface area contributed by atoms with Gasteiger partial charge >= 0.3 is 0 Å². The summed E-state index contributed by atoms with van der Waals surface area (Å²) in [6.45, 7) is 11.4. The lowest BCUT2D eigenvalue weighted by Gasteiger charge is -2.32. The van der Waals surface area contributed by atoms with Crippen molar-refractivity contribution in [3.8, 4) is 11.1 Å². The van der Waals surface area contributed by atoms with Crippen LogP contribution < -0.4 is 5.73 Å². The molecular formula is C25H30N6. The Kier molecular flexibility index (Phi) is 6.30. The van der Waals surface area contributed by atoms with Crippen LogP contribution in [0.25, 0.3) is 22.8 Å². The van der Waals surface area contributed by atoms with Gasteiger partial charge in [0.25, 0.3) is 0 Å². The molecule has 0 saturated carbocycles. The van der Waals surface area contributed by atoms with Crippen molar-refractivity contribution in [3.05, 3.63) is 65.5 Å². The van der Waals surface area contributed by atoms with E-state index in [-0.39, 0.29) is 0 Å². The topological polar surface area (TPSA) is 73.5 Å². The first-order chi connectivity index (χ1) is 15.0. The summed E-state index contributed by atoms with van der Waals surface area (Å²) in [5.41, 5.74) is 12.5. The minimum Gasteiger partial charge on any atom is -0.384 e. The Labute approximate surface area is 184 Å². The van der Waals surface area contributed by atoms with Gasteiger partial charge in [0, 0.05) is 61.8 Å². The monoisotopic (exact) mass is 414 g/mol. The number of aliphatic imine (C=N–C) groups is 1. The van der Waals surface area contributed by atoms with Gasteiger partial charge in [-0.15, -0.1) is 0 Å². The van der Waals surface area contributed by atoms with Crippen LogP contribution in [0, 0.1) is 0 Å². The summed E-state index contributed by atoms with van der Waals surface area (Å²) in [5.74, 6) is 1.25. The summed E-state index contributed by atoms with van der Waals surface area (Å²) in [5, 5.41) is 0. The fourth-order valence-corrected chi connectivity index (χ4v) is 3.94. The van der Waals surface area contributed by atoms with Crippen LogP contribution in [-0.4, -0.2) is 59.7 Å². The summed E-state index contributed by atoms with van der Waals surface area (Å²) in [6, 6.07) is 12.7. The van der Waals surface area contributed by atoms with Crippen LogP contribution in [0.2, 0.25) is 0 Å². The van der Waals surface area contributed by atoms with E-state index >= 15 is 0 Å². The SMILES string of the molecule is C=Nc1[nH]cc(-c2ccc(N)nc2)c1/C=C(\C)c1ccc(CN2CCN(C)CC2)cc1. The molecule has 1 fully saturated rings. The molecule has 0 amide bonds. The van der Waals surface area contributed by atoms with Crippen molar-refractivity contribution >= 4 is 30.0 Å². The van der Waals surface area contributed by atoms with Crippen molar-refractivity contribution in [2.24, 2.45) is 4.99 Å². The molecule has 1 aliphatic heterocycles. The number of likely N-dealkylation sites (N-methyl/N-ethyl adjacent to an activating group) is 1. The average Bonchev–Trinajstić information content (AvgIpc) is 3.19. The summed E-state index contributed by atoms with van der Waals surface area (Å²) in [4.78, 5) is 16.5. The lowest BCUT2D eigenvalue weighted by molar-refractivity contribution is 0.148. The zero-order valence-electron chi connectivity index (χ0n) is 18.3. The van der Waals surface area contributed by atoms with Crippen LogP contribution in [0.4, 0.5) is 11.6 Å². The fourth-order valence-electron chi connectivity index (χ4n) is 3.94. The quantitative estimate of drug-likeness (QED) is 0.590. The van der Waals surface area contributed by atoms with Crippen LogP contribution in [-0.2, 0) is 6.54 Å². The second-order valence-electron chi connectivity index (χ2n) is 8.20. The van der Waals surface area contributed by atoms with E-state index in [2.05, 4.69) is 75.8 Å². The number of aromatic amines is 1. The lowest BCUT2D eigenvalue weighted by atomic mass is 9.99. The molecular weight excluding hydrogens is 384 g/mol. The van der Waals surface area contributed by atoms with E-state index in [0.29, 0.717) is 5.82 Å². The highest BCUT2D eigenvalue weighted by molar-refractivity contribution is 5.90. The number of allylic oxidation sites excluding steroid dienone is 1. The van der Waals surface area contributed by atoms with Crippen LogP contribution in [0.1, 0.15) is 23.6 Å². The minimum atomic E-state index is 0.506. The molecule has 1 saturated heterocycles. The molecule has 0 atom stereocenters. The predicted octanol–water partition coefficient (Wildman–Crippen LogP) is 4.30. The number of hydrogen-bond acceptors (Lipinski definition) is 5. The number of pyridine rings is 1. The molecule has 160 valence electrons. The summed E-state index contributed by atoms with van der Waals surface area (Å²) >= 11 is 0. The number of aromatic nitrogens is 2. The summed E-state index contributed by atoms with van der Waals surface area (Å²) in [7, 11) is 2.19. The molecule has 3 aromatic rings. The molecule has 6 heteroatoms. The van der Waals surface area contributed by atoms with Crippen molar-refractivity contribution in [1.29, 1.82) is 0 Å². The van der Waals surface area contributed by atoms with Gasteiger partial charge in [-0.05, 0) is 55.6 Å². The van der Waals surface area contributed by atoms with E-state index in [4.69, 9.17) is 5.73 Å². The van der Waals surface area contributed by atoms with Crippen molar-refractivity contribution in [2.45, 2.75) is 13.5 Å². The number of rotatable bonds is 6. The third-order valence-corrected chi connectivity index (χ3v) is 5.93. The van der Waals surface area contributed by atoms with Crippen LogP contribution in [0.15, 0.2) is 53.8 Å². The zero-order valence-corrected chi connectivity index (χ0v) is 18.3. The van der Waals surface area contributed by atoms with Crippen molar-refractivity contribution in [3.63, 3.8) is 0 Å². The maximum absolute atomic E-state index is 5.74. The molecule has 3 N–H and O–H groups in total. The summed E-state index contributed by atoms with van der Waals surface area (Å²) in [6.07, 6.45) is 5.88. The minimum absolute atomic E-state index is 0.506. The number of hydrogen-bond donors (Lipinski definition) is 2. The van der Waals surface area contributed by atoms with E-state index in [9.17, 15) is 0 Å². The average molecular weight is 415 g/mol. The zero-order chi connectivity index (χ0) is 21.8. The molecule has 0 bridgehead atoms. The first-order valence-electron chi connectivity index (χ1n) is 10.6. The van der Waals surface area contributed by atoms with Gasteiger partial charge in [0.15, 0.2) is 0 Å². The molecule has 6 nitrogen and oxygen atoms in total. The standard InChI is InChI=1S/C25H30N6/c1-18(20-6-4-19(5-7-20)17-31-12-10-30(3)11-13-31)14-22-23(16-29-25(22)27-2)21-8-9-24(26)28-15-21/h4-9,14-16,29H,2,10-13,17H2,1,3H3,(H2,26,28)/b18-14+. The van der Waals surface area contributed by atoms with Gasteiger partial charge in [0.05, 0.1) is 0 Å². The van der Waals surface area contributed by atoms with Gasteiger partial charge in [-0.3, -0.25) is 4.90 Å². The maximum atomic E-state index is 5.74. The number of nitrogens with one attached hydrogen (secondary N) is 1. The number of piperazine rings is 1. The maximum Gasteiger partial charge on any atom is 0.137 e. The Morgan fingerprint density at radius 1 is 1.16 bits per heavy atom. The molecule has 1 aliphatic rings. The fraction of sp³-hybridized carbons (Fsp3) is 0.280. The molecule has 31 heavy (non-hydrogen) atoms. The second kappa shape index (κ2) is 9.29. The summed E-state index contributed by atoms with van der Waals surface area (Å²) < 4.78 is 0. The Bertz CT molecular complexity index is 1050. The number of nitrogen functional groups attached to an aromatic ring is 1. The van der Waals surface area contributed by atoms with Crippen molar-refractivity contribution < 1.29 is 0 Å². The third kappa shape index (κ3) is 4.93. The predicted molar refractivity (Wildman–Crippen MR) is 130 cm³/mol. The number of nitrogens with zero attached hydrogens (tertiary/aromatic N) is 4. The number of benzene rings is 1. The lowest BCUT2D eigenvalue weighted by Crippen LogP contribution is -2.43. The third-order valence-electron chi connectivity index (χ3n) is 5.93. The van der Waals surface area contributed by atoms with Crippen molar-refractivity contribution in [1.82, 2.24) is 19.8 Å².